The predicted octanol–water partition coefficient (Wildman–Crippen LogP) is 1.64. The van der Waals surface area contributed by atoms with Crippen molar-refractivity contribution in [2.75, 3.05) is 12.9 Å². The minimum Gasteiger partial charge on any atom is -0.381 e. The molecule has 0 aliphatic rings. The number of sulfonamides is 1. The van der Waals surface area contributed by atoms with Crippen LogP contribution < -0.4 is 4.72 Å². The standard InChI is InChI=1S/C15H21N3O3S/c1-12(21-3)11-22(19,20)16-9-14-10-18(17-13(14)2)15-7-5-4-6-8-15/h4-8,10,12,16H,9,11H2,1-3H3/t12-/m0/s1. The lowest BCUT2D eigenvalue weighted by molar-refractivity contribution is 0.136. The topological polar surface area (TPSA) is 73.2 Å². The highest BCUT2D eigenvalue weighted by Crippen LogP contribution is 2.12. The number of ether oxygens (including phenoxy) is 1. The molecule has 1 aromatic heterocycles. The van der Waals surface area contributed by atoms with E-state index in [-0.39, 0.29) is 18.4 Å². The summed E-state index contributed by atoms with van der Waals surface area (Å²) in [5.41, 5.74) is 2.58. The number of nitrogens with one attached hydrogen (secondary N) is 1. The summed E-state index contributed by atoms with van der Waals surface area (Å²) >= 11 is 0. The van der Waals surface area contributed by atoms with Crippen LogP contribution in [0.25, 0.3) is 5.69 Å². The van der Waals surface area contributed by atoms with Gasteiger partial charge in [0.2, 0.25) is 10.0 Å². The molecule has 1 atom stereocenters. The number of nitrogens with zero attached hydrogens (tertiary/aromatic N) is 2. The minimum atomic E-state index is -3.38. The van der Waals surface area contributed by atoms with Crippen molar-refractivity contribution in [3.05, 3.63) is 47.8 Å². The van der Waals surface area contributed by atoms with Crippen LogP contribution in [0.4, 0.5) is 0 Å². The van der Waals surface area contributed by atoms with Crippen LogP contribution in [-0.2, 0) is 21.3 Å². The van der Waals surface area contributed by atoms with Gasteiger partial charge in [0.25, 0.3) is 0 Å². The quantitative estimate of drug-likeness (QED) is 0.840. The van der Waals surface area contributed by atoms with Crippen LogP contribution in [0.2, 0.25) is 0 Å². The van der Waals surface area contributed by atoms with E-state index in [1.54, 1.807) is 11.6 Å². The van der Waals surface area contributed by atoms with Gasteiger partial charge in [-0.05, 0) is 26.0 Å². The molecule has 22 heavy (non-hydrogen) atoms. The van der Waals surface area contributed by atoms with Crippen LogP contribution in [0.15, 0.2) is 36.5 Å². The fourth-order valence-corrected chi connectivity index (χ4v) is 3.25. The van der Waals surface area contributed by atoms with Crippen molar-refractivity contribution in [1.82, 2.24) is 14.5 Å². The first-order valence-corrected chi connectivity index (χ1v) is 8.67. The van der Waals surface area contributed by atoms with Gasteiger partial charge in [-0.15, -0.1) is 0 Å². The lowest BCUT2D eigenvalue weighted by atomic mass is 10.3. The van der Waals surface area contributed by atoms with Crippen LogP contribution in [-0.4, -0.2) is 37.2 Å². The third kappa shape index (κ3) is 4.40. The van der Waals surface area contributed by atoms with Gasteiger partial charge in [0.1, 0.15) is 0 Å². The third-order valence-electron chi connectivity index (χ3n) is 3.36. The highest BCUT2D eigenvalue weighted by molar-refractivity contribution is 7.89. The average Bonchev–Trinajstić information content (AvgIpc) is 2.87. The Labute approximate surface area is 131 Å². The number of aromatic nitrogens is 2. The van der Waals surface area contributed by atoms with Gasteiger partial charge in [-0.25, -0.2) is 17.8 Å². The van der Waals surface area contributed by atoms with Gasteiger partial charge < -0.3 is 4.74 Å². The molecule has 7 heteroatoms. The molecular formula is C15H21N3O3S. The molecule has 0 radical (unpaired) electrons. The maximum absolute atomic E-state index is 11.9. The summed E-state index contributed by atoms with van der Waals surface area (Å²) in [7, 11) is -1.88. The summed E-state index contributed by atoms with van der Waals surface area (Å²) in [6.45, 7) is 3.80. The molecular weight excluding hydrogens is 302 g/mol. The van der Waals surface area contributed by atoms with E-state index in [0.717, 1.165) is 16.9 Å². The largest absolute Gasteiger partial charge is 0.381 e. The van der Waals surface area contributed by atoms with Crippen LogP contribution in [0, 0.1) is 6.92 Å². The zero-order chi connectivity index (χ0) is 16.2. The van der Waals surface area contributed by atoms with Gasteiger partial charge in [0, 0.05) is 25.4 Å². The van der Waals surface area contributed by atoms with Crippen LogP contribution in [0.5, 0.6) is 0 Å². The van der Waals surface area contributed by atoms with Gasteiger partial charge in [0.05, 0.1) is 23.2 Å². The van der Waals surface area contributed by atoms with Crippen molar-refractivity contribution < 1.29 is 13.2 Å². The average molecular weight is 323 g/mol. The number of methoxy groups -OCH3 is 1. The fourth-order valence-electron chi connectivity index (χ4n) is 2.01. The summed E-state index contributed by atoms with van der Waals surface area (Å²) < 4.78 is 33.2. The first-order valence-electron chi connectivity index (χ1n) is 7.02. The van der Waals surface area contributed by atoms with Crippen LogP contribution >= 0.6 is 0 Å². The van der Waals surface area contributed by atoms with Crippen molar-refractivity contribution in [2.45, 2.75) is 26.5 Å². The molecule has 1 N–H and O–H groups in total. The Hall–Kier alpha value is -1.70. The van der Waals surface area contributed by atoms with Gasteiger partial charge >= 0.3 is 0 Å². The smallest absolute Gasteiger partial charge is 0.214 e. The summed E-state index contributed by atoms with van der Waals surface area (Å²) in [4.78, 5) is 0. The number of hydrogen-bond acceptors (Lipinski definition) is 4. The van der Waals surface area contributed by atoms with E-state index in [2.05, 4.69) is 9.82 Å². The summed E-state index contributed by atoms with van der Waals surface area (Å²) in [5, 5.41) is 4.42. The third-order valence-corrected chi connectivity index (χ3v) is 4.85. The van der Waals surface area contributed by atoms with Crippen molar-refractivity contribution in [2.24, 2.45) is 0 Å². The molecule has 1 aromatic carbocycles. The molecule has 2 aromatic rings. The molecule has 6 nitrogen and oxygen atoms in total. The molecule has 120 valence electrons. The fraction of sp³-hybridized carbons (Fsp3) is 0.400. The lowest BCUT2D eigenvalue weighted by Crippen LogP contribution is -2.31. The minimum absolute atomic E-state index is 0.0601. The Morgan fingerprint density at radius 1 is 1.32 bits per heavy atom. The van der Waals surface area contributed by atoms with Gasteiger partial charge in [-0.2, -0.15) is 5.10 Å². The number of benzene rings is 1. The second-order valence-electron chi connectivity index (χ2n) is 5.17. The first kappa shape index (κ1) is 16.7. The number of aryl methyl sites for hydroxylation is 1. The summed E-state index contributed by atoms with van der Waals surface area (Å²) in [6, 6.07) is 9.69. The van der Waals surface area contributed by atoms with Crippen molar-refractivity contribution >= 4 is 10.0 Å². The molecule has 0 aliphatic carbocycles. The zero-order valence-electron chi connectivity index (χ0n) is 13.0. The van der Waals surface area contributed by atoms with E-state index in [9.17, 15) is 8.42 Å². The molecule has 0 saturated heterocycles. The van der Waals surface area contributed by atoms with E-state index in [4.69, 9.17) is 4.74 Å². The maximum Gasteiger partial charge on any atom is 0.214 e. The molecule has 0 bridgehead atoms. The zero-order valence-corrected chi connectivity index (χ0v) is 13.8. The Morgan fingerprint density at radius 3 is 2.64 bits per heavy atom. The molecule has 1 heterocycles. The van der Waals surface area contributed by atoms with Gasteiger partial charge in [-0.3, -0.25) is 0 Å². The monoisotopic (exact) mass is 323 g/mol. The van der Waals surface area contributed by atoms with Crippen molar-refractivity contribution in [3.8, 4) is 5.69 Å². The van der Waals surface area contributed by atoms with Crippen molar-refractivity contribution in [1.29, 1.82) is 0 Å². The lowest BCUT2D eigenvalue weighted by Gasteiger charge is -2.10. The van der Waals surface area contributed by atoms with Crippen LogP contribution in [0.3, 0.4) is 0 Å². The Balaban J connectivity index is 2.07. The number of hydrogen-bond donors (Lipinski definition) is 1. The van der Waals surface area contributed by atoms with Crippen molar-refractivity contribution in [3.63, 3.8) is 0 Å². The molecule has 0 spiro atoms. The van der Waals surface area contributed by atoms with E-state index in [1.165, 1.54) is 7.11 Å². The SMILES string of the molecule is CO[C@@H](C)CS(=O)(=O)NCc1cn(-c2ccccc2)nc1C. The van der Waals surface area contributed by atoms with Crippen LogP contribution in [0.1, 0.15) is 18.2 Å². The Bertz CT molecular complexity index is 711. The predicted molar refractivity (Wildman–Crippen MR) is 85.4 cm³/mol. The number of rotatable bonds is 7. The first-order chi connectivity index (χ1) is 10.4. The molecule has 0 amide bonds. The summed E-state index contributed by atoms with van der Waals surface area (Å²) in [6.07, 6.45) is 1.50. The van der Waals surface area contributed by atoms with Gasteiger partial charge in [0.15, 0.2) is 0 Å². The molecule has 2 rings (SSSR count). The van der Waals surface area contributed by atoms with Gasteiger partial charge in [-0.1, -0.05) is 18.2 Å². The van der Waals surface area contributed by atoms with E-state index >= 15 is 0 Å². The normalized spacial score (nSPS) is 13.2. The number of para-hydroxylation sites is 1. The Morgan fingerprint density at radius 2 is 2.00 bits per heavy atom. The summed E-state index contributed by atoms with van der Waals surface area (Å²) in [5.74, 6) is -0.0601. The molecule has 0 saturated carbocycles. The van der Waals surface area contributed by atoms with E-state index < -0.39 is 10.0 Å². The molecule has 0 fully saturated rings. The maximum atomic E-state index is 11.9. The van der Waals surface area contributed by atoms with E-state index in [0.29, 0.717) is 0 Å². The highest BCUT2D eigenvalue weighted by atomic mass is 32.2. The second kappa shape index (κ2) is 7.04. The second-order valence-corrected chi connectivity index (χ2v) is 7.02. The highest BCUT2D eigenvalue weighted by Gasteiger charge is 2.16. The molecule has 0 unspecified atom stereocenters. The Kier molecular flexibility index (Phi) is 5.33. The van der Waals surface area contributed by atoms with E-state index in [1.807, 2.05) is 43.5 Å². The molecule has 0 aliphatic heterocycles.